The van der Waals surface area contributed by atoms with Crippen LogP contribution >= 0.6 is 0 Å². The van der Waals surface area contributed by atoms with Gasteiger partial charge in [0.05, 0.1) is 79.4 Å². The minimum atomic E-state index is 0.520. The van der Waals surface area contributed by atoms with E-state index in [0.29, 0.717) is 16.7 Å². The van der Waals surface area contributed by atoms with E-state index < -0.39 is 0 Å². The quantitative estimate of drug-likeness (QED) is 0.181. The molecule has 262 valence electrons. The summed E-state index contributed by atoms with van der Waals surface area (Å²) in [5, 5.41) is 37.1. The van der Waals surface area contributed by atoms with E-state index in [1.165, 1.54) is 10.8 Å². The monoisotopic (exact) mass is 724 g/mol. The second-order valence-electron chi connectivity index (χ2n) is 14.3. The molecule has 0 radical (unpaired) electrons. The molecule has 0 bridgehead atoms. The van der Waals surface area contributed by atoms with Crippen molar-refractivity contribution in [2.45, 2.75) is 0 Å². The molecular formula is C51H28N6. The van der Waals surface area contributed by atoms with Gasteiger partial charge in [-0.1, -0.05) is 84.9 Å². The zero-order valence-corrected chi connectivity index (χ0v) is 30.3. The summed E-state index contributed by atoms with van der Waals surface area (Å²) >= 11 is 0. The maximum Gasteiger partial charge on any atom is 0.0992 e. The summed E-state index contributed by atoms with van der Waals surface area (Å²) in [6.07, 6.45) is 0. The maximum atomic E-state index is 10.3. The Morgan fingerprint density at radius 3 is 1.11 bits per heavy atom. The Balaban J connectivity index is 1.22. The normalized spacial score (nSPS) is 11.5. The van der Waals surface area contributed by atoms with Gasteiger partial charge in [-0.15, -0.1) is 0 Å². The molecule has 6 heteroatoms. The highest BCUT2D eigenvalue weighted by Gasteiger charge is 2.22. The fraction of sp³-hybridized carbons (Fsp3) is 0. The Morgan fingerprint density at radius 1 is 0.298 bits per heavy atom. The van der Waals surface area contributed by atoms with Crippen molar-refractivity contribution < 1.29 is 0 Å². The van der Waals surface area contributed by atoms with E-state index >= 15 is 0 Å². The highest BCUT2D eigenvalue weighted by molar-refractivity contribution is 6.13. The first-order valence-electron chi connectivity index (χ1n) is 18.7. The van der Waals surface area contributed by atoms with Crippen LogP contribution in [0.25, 0.3) is 93.6 Å². The van der Waals surface area contributed by atoms with Crippen molar-refractivity contribution in [3.8, 4) is 46.4 Å². The fourth-order valence-electron chi connectivity index (χ4n) is 8.89. The number of fused-ring (bicyclic) bond motifs is 9. The zero-order chi connectivity index (χ0) is 38.2. The summed E-state index contributed by atoms with van der Waals surface area (Å²) < 4.78 is 6.76. The minimum absolute atomic E-state index is 0.520. The van der Waals surface area contributed by atoms with Gasteiger partial charge >= 0.3 is 0 Å². The van der Waals surface area contributed by atoms with Gasteiger partial charge in [-0.3, -0.25) is 0 Å². The van der Waals surface area contributed by atoms with Crippen LogP contribution in [0.4, 0.5) is 0 Å². The Hall–Kier alpha value is -8.37. The summed E-state index contributed by atoms with van der Waals surface area (Å²) in [5.41, 5.74) is 12.2. The molecule has 57 heavy (non-hydrogen) atoms. The number of hydrogen-bond donors (Lipinski definition) is 0. The molecule has 0 amide bonds. The average molecular weight is 725 g/mol. The van der Waals surface area contributed by atoms with Crippen LogP contribution in [0.15, 0.2) is 170 Å². The predicted molar refractivity (Wildman–Crippen MR) is 229 cm³/mol. The van der Waals surface area contributed by atoms with Crippen LogP contribution in [-0.4, -0.2) is 13.7 Å². The number of nitrogens with zero attached hydrogens (tertiary/aromatic N) is 6. The van der Waals surface area contributed by atoms with Crippen molar-refractivity contribution in [2.24, 2.45) is 0 Å². The van der Waals surface area contributed by atoms with E-state index in [1.54, 1.807) is 0 Å². The van der Waals surface area contributed by atoms with Crippen LogP contribution in [0.1, 0.15) is 16.7 Å². The molecule has 0 unspecified atom stereocenters. The number of aromatic nitrogens is 3. The predicted octanol–water partition coefficient (Wildman–Crippen LogP) is 12.3. The summed E-state index contributed by atoms with van der Waals surface area (Å²) in [6, 6.07) is 64.7. The highest BCUT2D eigenvalue weighted by atomic mass is 15.0. The van der Waals surface area contributed by atoms with Crippen LogP contribution in [-0.2, 0) is 0 Å². The number of nitriles is 3. The SMILES string of the molecule is N#Cc1ccc(-c2ccc(C#N)cc2-n2c3ccc(C#N)cc3c3cc(-n4c5ccccc5c5ccccc54)ccc32)c(-n2c3ccccc3c3ccccc32)c1. The molecule has 0 spiro atoms. The maximum absolute atomic E-state index is 10.3. The topological polar surface area (TPSA) is 86.2 Å². The van der Waals surface area contributed by atoms with E-state index in [1.807, 2.05) is 66.7 Å². The van der Waals surface area contributed by atoms with Gasteiger partial charge in [0, 0.05) is 49.1 Å². The Kier molecular flexibility index (Phi) is 6.95. The second kappa shape index (κ2) is 12.3. The molecule has 0 saturated carbocycles. The second-order valence-corrected chi connectivity index (χ2v) is 14.3. The fourth-order valence-corrected chi connectivity index (χ4v) is 8.89. The molecule has 0 aliphatic carbocycles. The Bertz CT molecular complexity index is 3520. The molecule has 0 aliphatic heterocycles. The molecule has 11 rings (SSSR count). The molecule has 0 saturated heterocycles. The van der Waals surface area contributed by atoms with Crippen LogP contribution in [0.2, 0.25) is 0 Å². The van der Waals surface area contributed by atoms with Gasteiger partial charge in [0.1, 0.15) is 0 Å². The molecule has 0 fully saturated rings. The third-order valence-corrected chi connectivity index (χ3v) is 11.3. The van der Waals surface area contributed by atoms with Crippen molar-refractivity contribution in [3.05, 3.63) is 187 Å². The Labute approximate surface area is 326 Å². The molecule has 0 N–H and O–H groups in total. The van der Waals surface area contributed by atoms with Crippen LogP contribution < -0.4 is 0 Å². The van der Waals surface area contributed by atoms with Crippen LogP contribution in [0.5, 0.6) is 0 Å². The molecule has 11 aromatic rings. The van der Waals surface area contributed by atoms with Gasteiger partial charge < -0.3 is 13.7 Å². The number of benzene rings is 8. The third kappa shape index (κ3) is 4.68. The average Bonchev–Trinajstić information content (AvgIpc) is 3.91. The lowest BCUT2D eigenvalue weighted by Crippen LogP contribution is -2.03. The molecule has 6 nitrogen and oxygen atoms in total. The first-order chi connectivity index (χ1) is 28.1. The van der Waals surface area contributed by atoms with E-state index in [4.69, 9.17) is 0 Å². The van der Waals surface area contributed by atoms with E-state index in [-0.39, 0.29) is 0 Å². The zero-order valence-electron chi connectivity index (χ0n) is 30.3. The van der Waals surface area contributed by atoms with E-state index in [0.717, 1.165) is 82.8 Å². The van der Waals surface area contributed by atoms with Crippen LogP contribution in [0.3, 0.4) is 0 Å². The van der Waals surface area contributed by atoms with Gasteiger partial charge in [-0.2, -0.15) is 15.8 Å². The molecule has 8 aromatic carbocycles. The Morgan fingerprint density at radius 2 is 0.649 bits per heavy atom. The summed E-state index contributed by atoms with van der Waals surface area (Å²) in [4.78, 5) is 0. The van der Waals surface area contributed by atoms with Crippen molar-refractivity contribution >= 4 is 65.4 Å². The van der Waals surface area contributed by atoms with E-state index in [9.17, 15) is 15.8 Å². The van der Waals surface area contributed by atoms with Crippen LogP contribution in [0, 0.1) is 34.0 Å². The molecular weight excluding hydrogens is 697 g/mol. The van der Waals surface area contributed by atoms with Gasteiger partial charge in [0.25, 0.3) is 0 Å². The lowest BCUT2D eigenvalue weighted by atomic mass is 9.97. The molecule has 3 aromatic heterocycles. The molecule has 3 heterocycles. The standard InChI is InChI=1S/C51H28N6/c52-29-32-19-23-48-42(25-32)43-28-35(55-44-13-5-1-9-36(44)37-10-2-6-14-45(37)55)20-24-49(43)57(48)51-27-34(31-54)18-22-41(51)40-21-17-33(30-53)26-50(40)56-46-15-7-3-11-38(46)39-12-4-8-16-47(39)56/h1-28H. The van der Waals surface area contributed by atoms with Crippen molar-refractivity contribution in [1.29, 1.82) is 15.8 Å². The van der Waals surface area contributed by atoms with Crippen molar-refractivity contribution in [2.75, 3.05) is 0 Å². The van der Waals surface area contributed by atoms with Gasteiger partial charge in [0.2, 0.25) is 0 Å². The minimum Gasteiger partial charge on any atom is -0.309 e. The van der Waals surface area contributed by atoms with Gasteiger partial charge in [0.15, 0.2) is 0 Å². The first kappa shape index (κ1) is 32.1. The summed E-state index contributed by atoms with van der Waals surface area (Å²) in [5.74, 6) is 0. The van der Waals surface area contributed by atoms with Crippen molar-refractivity contribution in [3.63, 3.8) is 0 Å². The number of para-hydroxylation sites is 4. The summed E-state index contributed by atoms with van der Waals surface area (Å²) in [6.45, 7) is 0. The molecule has 0 atom stereocenters. The first-order valence-corrected chi connectivity index (χ1v) is 18.7. The summed E-state index contributed by atoms with van der Waals surface area (Å²) in [7, 11) is 0. The molecule has 0 aliphatic rings. The van der Waals surface area contributed by atoms with Gasteiger partial charge in [-0.25, -0.2) is 0 Å². The third-order valence-electron chi connectivity index (χ3n) is 11.3. The van der Waals surface area contributed by atoms with E-state index in [2.05, 4.69) is 135 Å². The smallest absolute Gasteiger partial charge is 0.0992 e. The highest BCUT2D eigenvalue weighted by Crippen LogP contribution is 2.42. The lowest BCUT2D eigenvalue weighted by molar-refractivity contribution is 1.15. The van der Waals surface area contributed by atoms with Crippen molar-refractivity contribution in [1.82, 2.24) is 13.7 Å². The lowest BCUT2D eigenvalue weighted by Gasteiger charge is -2.19. The van der Waals surface area contributed by atoms with Gasteiger partial charge in [-0.05, 0) is 84.9 Å². The largest absolute Gasteiger partial charge is 0.309 e. The number of rotatable bonds is 4. The number of hydrogen-bond acceptors (Lipinski definition) is 3.